The lowest BCUT2D eigenvalue weighted by Gasteiger charge is -2.27. The fourth-order valence-electron chi connectivity index (χ4n) is 3.71. The molecule has 0 saturated heterocycles. The first kappa shape index (κ1) is 21.1. The Kier molecular flexibility index (Phi) is 6.17. The topological polar surface area (TPSA) is 111 Å². The van der Waals surface area contributed by atoms with Gasteiger partial charge in [0.15, 0.2) is 0 Å². The standard InChI is InChI=1S/C24H23N5O3/c1-32-19-8-6-18(7-9-19)24(31)26-14-22-20-15-29(11-10-21(20)27-28-22)23(30)12-16-2-4-17(13-25)5-3-16/h2-9H,10-12,14-15H2,1H3,(H,26,31)(H,27,28). The molecular formula is C24H23N5O3. The molecule has 0 spiro atoms. The minimum atomic E-state index is -0.200. The molecule has 0 fully saturated rings. The summed E-state index contributed by atoms with van der Waals surface area (Å²) in [6.45, 7) is 1.34. The van der Waals surface area contributed by atoms with E-state index in [2.05, 4.69) is 21.6 Å². The number of amides is 2. The summed E-state index contributed by atoms with van der Waals surface area (Å²) < 4.78 is 5.12. The lowest BCUT2D eigenvalue weighted by Crippen LogP contribution is -2.37. The summed E-state index contributed by atoms with van der Waals surface area (Å²) in [7, 11) is 1.58. The summed E-state index contributed by atoms with van der Waals surface area (Å²) in [6, 6.07) is 16.0. The van der Waals surface area contributed by atoms with Crippen LogP contribution in [0, 0.1) is 11.3 Å². The summed E-state index contributed by atoms with van der Waals surface area (Å²) in [6.07, 6.45) is 0.969. The van der Waals surface area contributed by atoms with Crippen LogP contribution in [0.15, 0.2) is 48.5 Å². The van der Waals surface area contributed by atoms with Gasteiger partial charge in [-0.1, -0.05) is 12.1 Å². The maximum Gasteiger partial charge on any atom is 0.251 e. The molecule has 2 heterocycles. The van der Waals surface area contributed by atoms with Gasteiger partial charge in [-0.3, -0.25) is 14.7 Å². The van der Waals surface area contributed by atoms with Crippen LogP contribution in [0.3, 0.4) is 0 Å². The van der Waals surface area contributed by atoms with Crippen molar-refractivity contribution >= 4 is 11.8 Å². The van der Waals surface area contributed by atoms with Crippen LogP contribution < -0.4 is 10.1 Å². The van der Waals surface area contributed by atoms with Gasteiger partial charge in [0, 0.05) is 36.3 Å². The number of ether oxygens (including phenoxy) is 1. The number of aromatic amines is 1. The van der Waals surface area contributed by atoms with Crippen LogP contribution in [0.25, 0.3) is 0 Å². The van der Waals surface area contributed by atoms with Crippen molar-refractivity contribution in [3.63, 3.8) is 0 Å². The Morgan fingerprint density at radius 2 is 1.94 bits per heavy atom. The summed E-state index contributed by atoms with van der Waals surface area (Å²) >= 11 is 0. The summed E-state index contributed by atoms with van der Waals surface area (Å²) in [5.74, 6) is 0.512. The molecule has 2 amide bonds. The van der Waals surface area contributed by atoms with Crippen LogP contribution >= 0.6 is 0 Å². The zero-order valence-corrected chi connectivity index (χ0v) is 17.7. The van der Waals surface area contributed by atoms with E-state index in [0.717, 1.165) is 22.5 Å². The van der Waals surface area contributed by atoms with E-state index >= 15 is 0 Å². The minimum absolute atomic E-state index is 0.0229. The summed E-state index contributed by atoms with van der Waals surface area (Å²) in [4.78, 5) is 27.1. The van der Waals surface area contributed by atoms with E-state index in [-0.39, 0.29) is 24.8 Å². The number of fused-ring (bicyclic) bond motifs is 1. The van der Waals surface area contributed by atoms with Crippen molar-refractivity contribution < 1.29 is 14.3 Å². The number of nitriles is 1. The third kappa shape index (κ3) is 4.62. The van der Waals surface area contributed by atoms with Crippen molar-refractivity contribution in [1.82, 2.24) is 20.4 Å². The van der Waals surface area contributed by atoms with E-state index in [1.54, 1.807) is 43.5 Å². The van der Waals surface area contributed by atoms with Crippen LogP contribution in [0.4, 0.5) is 0 Å². The highest BCUT2D eigenvalue weighted by Crippen LogP contribution is 2.21. The SMILES string of the molecule is COc1ccc(C(=O)NCc2n[nH]c3c2CN(C(=O)Cc2ccc(C#N)cc2)CC3)cc1. The number of benzene rings is 2. The van der Waals surface area contributed by atoms with E-state index in [1.165, 1.54) is 0 Å². The van der Waals surface area contributed by atoms with Crippen molar-refractivity contribution in [2.24, 2.45) is 0 Å². The number of methoxy groups -OCH3 is 1. The number of aromatic nitrogens is 2. The van der Waals surface area contributed by atoms with Crippen molar-refractivity contribution in [2.45, 2.75) is 25.9 Å². The molecule has 0 unspecified atom stereocenters. The molecule has 0 radical (unpaired) electrons. The lowest BCUT2D eigenvalue weighted by molar-refractivity contribution is -0.131. The smallest absolute Gasteiger partial charge is 0.251 e. The Hall–Kier alpha value is -4.12. The quantitative estimate of drug-likeness (QED) is 0.625. The zero-order chi connectivity index (χ0) is 22.5. The summed E-state index contributed by atoms with van der Waals surface area (Å²) in [5.41, 5.74) is 4.68. The van der Waals surface area contributed by atoms with E-state index in [0.29, 0.717) is 36.4 Å². The number of nitrogens with one attached hydrogen (secondary N) is 2. The molecule has 8 nitrogen and oxygen atoms in total. The fraction of sp³-hybridized carbons (Fsp3) is 0.250. The third-order valence-electron chi connectivity index (χ3n) is 5.58. The molecule has 2 N–H and O–H groups in total. The molecule has 32 heavy (non-hydrogen) atoms. The first-order valence-corrected chi connectivity index (χ1v) is 10.3. The molecule has 1 aliphatic heterocycles. The number of rotatable bonds is 6. The van der Waals surface area contributed by atoms with E-state index < -0.39 is 0 Å². The second kappa shape index (κ2) is 9.35. The Labute approximate surface area is 185 Å². The van der Waals surface area contributed by atoms with Crippen LogP contribution in [-0.4, -0.2) is 40.6 Å². The monoisotopic (exact) mass is 429 g/mol. The molecule has 0 bridgehead atoms. The molecule has 4 rings (SSSR count). The maximum atomic E-state index is 12.8. The third-order valence-corrected chi connectivity index (χ3v) is 5.58. The van der Waals surface area contributed by atoms with Gasteiger partial charge >= 0.3 is 0 Å². The molecular weight excluding hydrogens is 406 g/mol. The first-order chi connectivity index (χ1) is 15.6. The molecule has 0 aliphatic carbocycles. The average Bonchev–Trinajstić information content (AvgIpc) is 3.25. The second-order valence-corrected chi connectivity index (χ2v) is 7.59. The molecule has 1 aromatic heterocycles. The van der Waals surface area contributed by atoms with Crippen molar-refractivity contribution in [3.05, 3.63) is 82.2 Å². The normalized spacial score (nSPS) is 12.6. The molecule has 2 aromatic carbocycles. The molecule has 3 aromatic rings. The molecule has 8 heteroatoms. The highest BCUT2D eigenvalue weighted by molar-refractivity contribution is 5.94. The Morgan fingerprint density at radius 1 is 1.19 bits per heavy atom. The van der Waals surface area contributed by atoms with E-state index in [9.17, 15) is 9.59 Å². The molecule has 0 saturated carbocycles. The number of hydrogen-bond donors (Lipinski definition) is 2. The first-order valence-electron chi connectivity index (χ1n) is 10.3. The van der Waals surface area contributed by atoms with E-state index in [1.807, 2.05) is 17.0 Å². The van der Waals surface area contributed by atoms with Crippen molar-refractivity contribution in [2.75, 3.05) is 13.7 Å². The predicted octanol–water partition coefficient (Wildman–Crippen LogP) is 2.35. The van der Waals surface area contributed by atoms with Crippen molar-refractivity contribution in [3.8, 4) is 11.8 Å². The van der Waals surface area contributed by atoms with Crippen molar-refractivity contribution in [1.29, 1.82) is 5.26 Å². The average molecular weight is 429 g/mol. The highest BCUT2D eigenvalue weighted by Gasteiger charge is 2.25. The molecule has 1 aliphatic rings. The van der Waals surface area contributed by atoms with Gasteiger partial charge in [0.25, 0.3) is 5.91 Å². The number of nitrogens with zero attached hydrogens (tertiary/aromatic N) is 3. The molecule has 0 atom stereocenters. The van der Waals surface area contributed by atoms with Gasteiger partial charge in [-0.25, -0.2) is 0 Å². The number of carbonyl (C=O) groups excluding carboxylic acids is 2. The van der Waals surface area contributed by atoms with Gasteiger partial charge in [0.1, 0.15) is 5.75 Å². The van der Waals surface area contributed by atoms with Crippen LogP contribution in [-0.2, 0) is 30.7 Å². The number of hydrogen-bond acceptors (Lipinski definition) is 5. The number of H-pyrrole nitrogens is 1. The van der Waals surface area contributed by atoms with Gasteiger partial charge in [-0.15, -0.1) is 0 Å². The van der Waals surface area contributed by atoms with Gasteiger partial charge in [-0.05, 0) is 42.0 Å². The van der Waals surface area contributed by atoms with Crippen LogP contribution in [0.2, 0.25) is 0 Å². The van der Waals surface area contributed by atoms with Crippen LogP contribution in [0.1, 0.15) is 38.4 Å². The Bertz CT molecular complexity index is 1160. The lowest BCUT2D eigenvalue weighted by atomic mass is 10.0. The van der Waals surface area contributed by atoms with Gasteiger partial charge in [0.2, 0.25) is 5.91 Å². The van der Waals surface area contributed by atoms with E-state index in [4.69, 9.17) is 10.00 Å². The summed E-state index contributed by atoms with van der Waals surface area (Å²) in [5, 5.41) is 19.2. The maximum absolute atomic E-state index is 12.8. The Morgan fingerprint density at radius 3 is 2.62 bits per heavy atom. The largest absolute Gasteiger partial charge is 0.497 e. The molecule has 162 valence electrons. The fourth-order valence-corrected chi connectivity index (χ4v) is 3.71. The zero-order valence-electron chi connectivity index (χ0n) is 17.7. The second-order valence-electron chi connectivity index (χ2n) is 7.59. The number of carbonyl (C=O) groups is 2. The van der Waals surface area contributed by atoms with Gasteiger partial charge < -0.3 is 15.0 Å². The minimum Gasteiger partial charge on any atom is -0.497 e. The van der Waals surface area contributed by atoms with Crippen LogP contribution in [0.5, 0.6) is 5.75 Å². The predicted molar refractivity (Wildman–Crippen MR) is 117 cm³/mol. The van der Waals surface area contributed by atoms with Gasteiger partial charge in [0.05, 0.1) is 37.4 Å². The Balaban J connectivity index is 1.38. The highest BCUT2D eigenvalue weighted by atomic mass is 16.5. The van der Waals surface area contributed by atoms with Gasteiger partial charge in [-0.2, -0.15) is 10.4 Å².